The molecule has 1 aromatic carbocycles. The van der Waals surface area contributed by atoms with Gasteiger partial charge in [-0.15, -0.1) is 6.42 Å². The Balaban J connectivity index is 3.01. The van der Waals surface area contributed by atoms with E-state index in [-0.39, 0.29) is 5.57 Å². The van der Waals surface area contributed by atoms with Crippen molar-refractivity contribution < 1.29 is 9.90 Å². The summed E-state index contributed by atoms with van der Waals surface area (Å²) < 4.78 is 0. The molecular weight excluding hydrogens is 264 g/mol. The SMILES string of the molecule is C#CCN(CC(=C)C)c1ccc(/C=C(\C#N)C(=O)O)cc1. The monoisotopic (exact) mass is 280 g/mol. The summed E-state index contributed by atoms with van der Waals surface area (Å²) in [5, 5.41) is 17.5. The Labute approximate surface area is 124 Å². The van der Waals surface area contributed by atoms with Crippen LogP contribution in [0.5, 0.6) is 0 Å². The van der Waals surface area contributed by atoms with Gasteiger partial charge in [0.1, 0.15) is 11.6 Å². The molecule has 0 saturated heterocycles. The molecule has 1 rings (SSSR count). The molecule has 0 heterocycles. The van der Waals surface area contributed by atoms with Crippen molar-refractivity contribution in [3.8, 4) is 18.4 Å². The van der Waals surface area contributed by atoms with Gasteiger partial charge >= 0.3 is 5.97 Å². The number of nitrogens with zero attached hydrogens (tertiary/aromatic N) is 2. The molecule has 4 heteroatoms. The van der Waals surface area contributed by atoms with Crippen molar-refractivity contribution in [3.63, 3.8) is 0 Å². The summed E-state index contributed by atoms with van der Waals surface area (Å²) in [7, 11) is 0. The number of aliphatic carboxylic acids is 1. The Hall–Kier alpha value is -2.98. The Morgan fingerprint density at radius 1 is 1.48 bits per heavy atom. The van der Waals surface area contributed by atoms with Crippen LogP contribution in [0.1, 0.15) is 12.5 Å². The van der Waals surface area contributed by atoms with Gasteiger partial charge in [0, 0.05) is 12.2 Å². The summed E-state index contributed by atoms with van der Waals surface area (Å²) in [6.45, 7) is 6.90. The van der Waals surface area contributed by atoms with E-state index in [0.29, 0.717) is 18.7 Å². The van der Waals surface area contributed by atoms with Gasteiger partial charge in [-0.25, -0.2) is 4.79 Å². The van der Waals surface area contributed by atoms with Crippen molar-refractivity contribution in [2.75, 3.05) is 18.0 Å². The van der Waals surface area contributed by atoms with Crippen molar-refractivity contribution in [3.05, 3.63) is 47.6 Å². The first-order valence-electron chi connectivity index (χ1n) is 6.26. The van der Waals surface area contributed by atoms with Crippen LogP contribution in [0.4, 0.5) is 5.69 Å². The third-order valence-electron chi connectivity index (χ3n) is 2.66. The molecule has 106 valence electrons. The number of nitriles is 1. The van der Waals surface area contributed by atoms with E-state index in [1.54, 1.807) is 18.2 Å². The van der Waals surface area contributed by atoms with Crippen LogP contribution in [0.3, 0.4) is 0 Å². The molecule has 0 aromatic heterocycles. The molecule has 4 nitrogen and oxygen atoms in total. The minimum Gasteiger partial charge on any atom is -0.477 e. The predicted octanol–water partition coefficient (Wildman–Crippen LogP) is 2.69. The highest BCUT2D eigenvalue weighted by molar-refractivity contribution is 5.96. The van der Waals surface area contributed by atoms with Gasteiger partial charge in [0.05, 0.1) is 6.54 Å². The average Bonchev–Trinajstić information content (AvgIpc) is 2.44. The molecule has 0 aliphatic heterocycles. The van der Waals surface area contributed by atoms with Crippen LogP contribution in [0.25, 0.3) is 6.08 Å². The van der Waals surface area contributed by atoms with Gasteiger partial charge in [-0.05, 0) is 30.7 Å². The number of rotatable bonds is 6. The molecule has 0 amide bonds. The van der Waals surface area contributed by atoms with Crippen LogP contribution in [-0.4, -0.2) is 24.2 Å². The van der Waals surface area contributed by atoms with Gasteiger partial charge in [-0.1, -0.05) is 30.2 Å². The number of anilines is 1. The summed E-state index contributed by atoms with van der Waals surface area (Å²) in [4.78, 5) is 12.8. The molecule has 0 aliphatic rings. The Morgan fingerprint density at radius 3 is 2.52 bits per heavy atom. The Morgan fingerprint density at radius 2 is 2.10 bits per heavy atom. The molecule has 0 aliphatic carbocycles. The van der Waals surface area contributed by atoms with E-state index in [9.17, 15) is 4.79 Å². The van der Waals surface area contributed by atoms with Crippen molar-refractivity contribution >= 4 is 17.7 Å². The van der Waals surface area contributed by atoms with E-state index < -0.39 is 5.97 Å². The number of carboxylic acid groups (broad SMARTS) is 1. The third kappa shape index (κ3) is 4.89. The first kappa shape index (κ1) is 16.1. The third-order valence-corrected chi connectivity index (χ3v) is 2.66. The molecule has 21 heavy (non-hydrogen) atoms. The average molecular weight is 280 g/mol. The molecule has 0 saturated carbocycles. The normalized spacial score (nSPS) is 10.3. The molecule has 1 N–H and O–H groups in total. The minimum atomic E-state index is -1.24. The molecule has 0 atom stereocenters. The zero-order valence-electron chi connectivity index (χ0n) is 11.8. The summed E-state index contributed by atoms with van der Waals surface area (Å²) in [5.41, 5.74) is 2.26. The number of hydrogen-bond donors (Lipinski definition) is 1. The highest BCUT2D eigenvalue weighted by atomic mass is 16.4. The number of carboxylic acids is 1. The summed E-state index contributed by atoms with van der Waals surface area (Å²) in [6, 6.07) is 8.81. The second-order valence-electron chi connectivity index (χ2n) is 4.58. The van der Waals surface area contributed by atoms with Crippen LogP contribution < -0.4 is 4.90 Å². The van der Waals surface area contributed by atoms with E-state index in [1.807, 2.05) is 24.0 Å². The van der Waals surface area contributed by atoms with Crippen LogP contribution >= 0.6 is 0 Å². The van der Waals surface area contributed by atoms with Gasteiger partial charge in [-0.3, -0.25) is 0 Å². The fourth-order valence-corrected chi connectivity index (χ4v) is 1.76. The van der Waals surface area contributed by atoms with E-state index >= 15 is 0 Å². The zero-order valence-corrected chi connectivity index (χ0v) is 11.8. The van der Waals surface area contributed by atoms with E-state index in [1.165, 1.54) is 6.08 Å². The number of terminal acetylenes is 1. The van der Waals surface area contributed by atoms with Gasteiger partial charge in [-0.2, -0.15) is 5.26 Å². The second-order valence-corrected chi connectivity index (χ2v) is 4.58. The van der Waals surface area contributed by atoms with Crippen molar-refractivity contribution in [2.45, 2.75) is 6.92 Å². The van der Waals surface area contributed by atoms with E-state index in [2.05, 4.69) is 12.5 Å². The first-order valence-corrected chi connectivity index (χ1v) is 6.26. The molecule has 0 spiro atoms. The second kappa shape index (κ2) is 7.57. The van der Waals surface area contributed by atoms with Crippen LogP contribution in [0, 0.1) is 23.7 Å². The molecule has 0 unspecified atom stereocenters. The lowest BCUT2D eigenvalue weighted by Gasteiger charge is -2.22. The first-order chi connectivity index (χ1) is 9.97. The topological polar surface area (TPSA) is 64.3 Å². The maximum atomic E-state index is 10.8. The van der Waals surface area contributed by atoms with Gasteiger partial charge in [0.2, 0.25) is 0 Å². The zero-order chi connectivity index (χ0) is 15.8. The lowest BCUT2D eigenvalue weighted by molar-refractivity contribution is -0.132. The van der Waals surface area contributed by atoms with Crippen molar-refractivity contribution in [1.82, 2.24) is 0 Å². The summed E-state index contributed by atoms with van der Waals surface area (Å²) in [5.74, 6) is 1.36. The maximum Gasteiger partial charge on any atom is 0.346 e. The Bertz CT molecular complexity index is 643. The molecule has 0 fully saturated rings. The maximum absolute atomic E-state index is 10.8. The Kier molecular flexibility index (Phi) is 5.80. The molecule has 0 radical (unpaired) electrons. The number of carbonyl (C=O) groups is 1. The summed E-state index contributed by atoms with van der Waals surface area (Å²) in [6.07, 6.45) is 6.69. The van der Waals surface area contributed by atoms with Crippen LogP contribution in [-0.2, 0) is 4.79 Å². The highest BCUT2D eigenvalue weighted by Gasteiger charge is 2.07. The van der Waals surface area contributed by atoms with Crippen molar-refractivity contribution in [1.29, 1.82) is 5.26 Å². The van der Waals surface area contributed by atoms with E-state index in [0.717, 1.165) is 11.3 Å². The fourth-order valence-electron chi connectivity index (χ4n) is 1.76. The van der Waals surface area contributed by atoms with Gasteiger partial charge in [0.25, 0.3) is 0 Å². The lowest BCUT2D eigenvalue weighted by atomic mass is 10.1. The summed E-state index contributed by atoms with van der Waals surface area (Å²) >= 11 is 0. The van der Waals surface area contributed by atoms with Crippen molar-refractivity contribution in [2.24, 2.45) is 0 Å². The molecular formula is C17H16N2O2. The van der Waals surface area contributed by atoms with Crippen LogP contribution in [0.15, 0.2) is 42.0 Å². The standard InChI is InChI=1S/C17H16N2O2/c1-4-9-19(12-13(2)3)16-7-5-14(6-8-16)10-15(11-18)17(20)21/h1,5-8,10H,2,9,12H2,3H3,(H,20,21)/b15-10+. The largest absolute Gasteiger partial charge is 0.477 e. The smallest absolute Gasteiger partial charge is 0.346 e. The van der Waals surface area contributed by atoms with Gasteiger partial charge in [0.15, 0.2) is 0 Å². The quantitative estimate of drug-likeness (QED) is 0.376. The number of hydrogen-bond acceptors (Lipinski definition) is 3. The molecule has 0 bridgehead atoms. The highest BCUT2D eigenvalue weighted by Crippen LogP contribution is 2.17. The van der Waals surface area contributed by atoms with Crippen LogP contribution in [0.2, 0.25) is 0 Å². The van der Waals surface area contributed by atoms with E-state index in [4.69, 9.17) is 16.8 Å². The van der Waals surface area contributed by atoms with Gasteiger partial charge < -0.3 is 10.0 Å². The predicted molar refractivity (Wildman–Crippen MR) is 83.5 cm³/mol. The number of benzene rings is 1. The lowest BCUT2D eigenvalue weighted by Crippen LogP contribution is -2.25. The fraction of sp³-hybridized carbons (Fsp3) is 0.176. The minimum absolute atomic E-state index is 0.301. The molecule has 1 aromatic rings.